The number of aliphatic imine (C=N–C) groups is 1. The Kier molecular flexibility index (Phi) is 13.6. The van der Waals surface area contributed by atoms with Gasteiger partial charge in [0.25, 0.3) is 0 Å². The number of nitrogens with one attached hydrogen (secondary N) is 5. The minimum atomic E-state index is -0.979. The van der Waals surface area contributed by atoms with Gasteiger partial charge in [-0.2, -0.15) is 0 Å². The van der Waals surface area contributed by atoms with E-state index in [1.165, 1.54) is 26.0 Å². The van der Waals surface area contributed by atoms with Gasteiger partial charge in [0.05, 0.1) is 6.54 Å². The molecule has 234 valence electrons. The first-order chi connectivity index (χ1) is 20.3. The van der Waals surface area contributed by atoms with Crippen molar-refractivity contribution in [3.05, 3.63) is 40.2 Å². The second kappa shape index (κ2) is 17.1. The number of nitrogens with zero attached hydrogens (tertiary/aromatic N) is 1. The van der Waals surface area contributed by atoms with Crippen LogP contribution in [-0.4, -0.2) is 67.2 Å². The summed E-state index contributed by atoms with van der Waals surface area (Å²) >= 11 is 0. The van der Waals surface area contributed by atoms with E-state index in [-0.39, 0.29) is 31.3 Å². The predicted octanol–water partition coefficient (Wildman–Crippen LogP) is -0.494. The number of unbranched alkanes of at least 4 members (excludes halogenated alkanes) is 1. The summed E-state index contributed by atoms with van der Waals surface area (Å²) in [6.45, 7) is 4.66. The third kappa shape index (κ3) is 12.6. The van der Waals surface area contributed by atoms with Crippen LogP contribution in [0.15, 0.2) is 38.5 Å². The SMILES string of the molecule is CC(=O)NCCCCC(NC(=O)CNC(=O)C(CCCN=C(N)N)NC(C)=O)C(=O)Nc1ccc2c(C)cc(=O)oc2c1. The molecule has 0 bridgehead atoms. The number of carbonyl (C=O) groups excluding carboxylic acids is 5. The maximum Gasteiger partial charge on any atom is 0.336 e. The lowest BCUT2D eigenvalue weighted by Crippen LogP contribution is -2.51. The molecule has 15 heteroatoms. The van der Waals surface area contributed by atoms with Gasteiger partial charge in [-0.15, -0.1) is 0 Å². The Hall–Kier alpha value is -4.95. The highest BCUT2D eigenvalue weighted by atomic mass is 16.4. The highest BCUT2D eigenvalue weighted by Gasteiger charge is 2.23. The molecule has 9 N–H and O–H groups in total. The monoisotopic (exact) mass is 600 g/mol. The number of aryl methyl sites for hydroxylation is 1. The lowest BCUT2D eigenvalue weighted by atomic mass is 10.1. The van der Waals surface area contributed by atoms with E-state index in [0.717, 1.165) is 5.56 Å². The molecule has 2 aromatic rings. The van der Waals surface area contributed by atoms with Gasteiger partial charge < -0.3 is 42.5 Å². The Morgan fingerprint density at radius 3 is 2.26 bits per heavy atom. The Morgan fingerprint density at radius 2 is 1.58 bits per heavy atom. The first-order valence-electron chi connectivity index (χ1n) is 13.8. The number of rotatable bonds is 16. The summed E-state index contributed by atoms with van der Waals surface area (Å²) in [6.07, 6.45) is 1.94. The molecule has 5 amide bonds. The molecule has 0 fully saturated rings. The predicted molar refractivity (Wildman–Crippen MR) is 161 cm³/mol. The molecule has 0 saturated carbocycles. The topological polar surface area (TPSA) is 240 Å². The zero-order valence-electron chi connectivity index (χ0n) is 24.6. The molecule has 0 aliphatic carbocycles. The summed E-state index contributed by atoms with van der Waals surface area (Å²) in [5.74, 6) is -2.43. The number of amides is 5. The third-order valence-electron chi connectivity index (χ3n) is 6.23. The number of fused-ring (bicyclic) bond motifs is 1. The van der Waals surface area contributed by atoms with E-state index < -0.39 is 47.9 Å². The van der Waals surface area contributed by atoms with E-state index in [2.05, 4.69) is 31.6 Å². The standard InChI is InChI=1S/C28H40N8O7/c1-16-13-25(40)43-23-14-19(9-10-20(16)23)35-27(42)22(7-4-5-11-31-17(2)37)36-24(39)15-33-26(41)21(34-18(3)38)8-6-12-32-28(29)30/h9-10,13-14,21-22H,4-8,11-12,15H2,1-3H3,(H,31,37)(H,33,41)(H,34,38)(H,35,42)(H,36,39)(H4,29,30,32). The van der Waals surface area contributed by atoms with Crippen LogP contribution >= 0.6 is 0 Å². The molecule has 1 aromatic carbocycles. The average molecular weight is 601 g/mol. The average Bonchev–Trinajstić information content (AvgIpc) is 2.91. The maximum absolute atomic E-state index is 13.2. The number of carbonyl (C=O) groups is 5. The number of hydrogen-bond acceptors (Lipinski definition) is 8. The van der Waals surface area contributed by atoms with E-state index in [1.807, 2.05) is 0 Å². The molecule has 2 atom stereocenters. The molecule has 2 rings (SSSR count). The largest absolute Gasteiger partial charge is 0.423 e. The lowest BCUT2D eigenvalue weighted by molar-refractivity contribution is -0.130. The quantitative estimate of drug-likeness (QED) is 0.0568. The molecule has 15 nitrogen and oxygen atoms in total. The highest BCUT2D eigenvalue weighted by molar-refractivity contribution is 5.99. The molecule has 0 radical (unpaired) electrons. The number of guanidine groups is 1. The fourth-order valence-electron chi connectivity index (χ4n) is 4.19. The van der Waals surface area contributed by atoms with Crippen LogP contribution in [0.3, 0.4) is 0 Å². The van der Waals surface area contributed by atoms with Crippen LogP contribution in [0.25, 0.3) is 11.0 Å². The minimum absolute atomic E-state index is 0.0896. The first-order valence-corrected chi connectivity index (χ1v) is 13.8. The fraction of sp³-hybridized carbons (Fsp3) is 0.464. The highest BCUT2D eigenvalue weighted by Crippen LogP contribution is 2.21. The van der Waals surface area contributed by atoms with Crippen molar-refractivity contribution in [1.29, 1.82) is 0 Å². The second-order valence-corrected chi connectivity index (χ2v) is 9.97. The molecular formula is C28H40N8O7. The summed E-state index contributed by atoms with van der Waals surface area (Å²) in [7, 11) is 0. The Balaban J connectivity index is 2.06. The van der Waals surface area contributed by atoms with E-state index in [4.69, 9.17) is 15.9 Å². The molecule has 1 aromatic heterocycles. The van der Waals surface area contributed by atoms with Crippen LogP contribution in [0.2, 0.25) is 0 Å². The summed E-state index contributed by atoms with van der Waals surface area (Å²) < 4.78 is 5.24. The fourth-order valence-corrected chi connectivity index (χ4v) is 4.19. The van der Waals surface area contributed by atoms with Crippen LogP contribution in [0.5, 0.6) is 0 Å². The van der Waals surface area contributed by atoms with Gasteiger partial charge in [-0.3, -0.25) is 29.0 Å². The molecule has 2 unspecified atom stereocenters. The van der Waals surface area contributed by atoms with E-state index in [0.29, 0.717) is 42.5 Å². The van der Waals surface area contributed by atoms with Gasteiger partial charge in [0.1, 0.15) is 17.7 Å². The number of hydrogen-bond donors (Lipinski definition) is 7. The Bertz CT molecular complexity index is 1400. The summed E-state index contributed by atoms with van der Waals surface area (Å²) in [5, 5.41) is 13.8. The summed E-state index contributed by atoms with van der Waals surface area (Å²) in [6, 6.07) is 4.36. The van der Waals surface area contributed by atoms with Gasteiger partial charge in [-0.1, -0.05) is 0 Å². The van der Waals surface area contributed by atoms with E-state index in [1.54, 1.807) is 19.1 Å². The second-order valence-electron chi connectivity index (χ2n) is 9.97. The van der Waals surface area contributed by atoms with Gasteiger partial charge in [0.2, 0.25) is 29.5 Å². The molecular weight excluding hydrogens is 560 g/mol. The van der Waals surface area contributed by atoms with Gasteiger partial charge in [-0.25, -0.2) is 4.79 Å². The molecule has 0 saturated heterocycles. The Morgan fingerprint density at radius 1 is 0.884 bits per heavy atom. The molecule has 0 spiro atoms. The van der Waals surface area contributed by atoms with Crippen molar-refractivity contribution >= 4 is 52.2 Å². The maximum atomic E-state index is 13.2. The normalized spacial score (nSPS) is 12.0. The number of benzene rings is 1. The van der Waals surface area contributed by atoms with Crippen molar-refractivity contribution in [2.75, 3.05) is 25.0 Å². The first kappa shape index (κ1) is 34.3. The van der Waals surface area contributed by atoms with Crippen molar-refractivity contribution in [2.24, 2.45) is 16.5 Å². The third-order valence-corrected chi connectivity index (χ3v) is 6.23. The van der Waals surface area contributed by atoms with Crippen molar-refractivity contribution in [3.8, 4) is 0 Å². The molecule has 43 heavy (non-hydrogen) atoms. The van der Waals surface area contributed by atoms with Crippen LogP contribution in [0, 0.1) is 6.92 Å². The zero-order chi connectivity index (χ0) is 31.9. The molecule has 0 aliphatic heterocycles. The smallest absolute Gasteiger partial charge is 0.336 e. The Labute approximate surface area is 248 Å². The van der Waals surface area contributed by atoms with Crippen LogP contribution in [-0.2, 0) is 24.0 Å². The van der Waals surface area contributed by atoms with Crippen molar-refractivity contribution in [1.82, 2.24) is 21.3 Å². The van der Waals surface area contributed by atoms with Crippen molar-refractivity contribution in [2.45, 2.75) is 65.0 Å². The number of anilines is 1. The summed E-state index contributed by atoms with van der Waals surface area (Å²) in [5.41, 5.74) is 11.5. The van der Waals surface area contributed by atoms with E-state index in [9.17, 15) is 28.8 Å². The lowest BCUT2D eigenvalue weighted by Gasteiger charge is -2.20. The summed E-state index contributed by atoms with van der Waals surface area (Å²) in [4.78, 5) is 77.0. The van der Waals surface area contributed by atoms with Crippen LogP contribution in [0.4, 0.5) is 5.69 Å². The zero-order valence-corrected chi connectivity index (χ0v) is 24.6. The molecule has 0 aliphatic rings. The number of nitrogens with two attached hydrogens (primary N) is 2. The van der Waals surface area contributed by atoms with Crippen molar-refractivity contribution < 1.29 is 28.4 Å². The van der Waals surface area contributed by atoms with Gasteiger partial charge in [-0.05, 0) is 56.7 Å². The van der Waals surface area contributed by atoms with Crippen molar-refractivity contribution in [3.63, 3.8) is 0 Å². The van der Waals surface area contributed by atoms with Crippen LogP contribution < -0.4 is 43.7 Å². The van der Waals surface area contributed by atoms with Gasteiger partial charge in [0, 0.05) is 50.1 Å². The van der Waals surface area contributed by atoms with Crippen LogP contribution in [0.1, 0.15) is 51.5 Å². The minimum Gasteiger partial charge on any atom is -0.423 e. The molecule has 1 heterocycles. The van der Waals surface area contributed by atoms with Gasteiger partial charge in [0.15, 0.2) is 5.96 Å². The van der Waals surface area contributed by atoms with Gasteiger partial charge >= 0.3 is 5.63 Å². The van der Waals surface area contributed by atoms with E-state index >= 15 is 0 Å².